The predicted octanol–water partition coefficient (Wildman–Crippen LogP) is 2.84. The number of carboxylic acid groups (broad SMARTS) is 1. The quantitative estimate of drug-likeness (QED) is 0.541. The van der Waals surface area contributed by atoms with Crippen LogP contribution in [0.1, 0.15) is 28.8 Å². The third-order valence-electron chi connectivity index (χ3n) is 5.20. The van der Waals surface area contributed by atoms with Crippen LogP contribution in [0.2, 0.25) is 0 Å². The van der Waals surface area contributed by atoms with Crippen molar-refractivity contribution in [3.05, 3.63) is 59.9 Å². The summed E-state index contributed by atoms with van der Waals surface area (Å²) in [6.45, 7) is 1.34. The summed E-state index contributed by atoms with van der Waals surface area (Å²) >= 11 is 0. The standard InChI is InChI=1S/C19H20FN3O3.C2HF3O2/c20-17-10-14(5-7-22-17)19(24)23-8-9-25-16-4-3-15(23)18(16)26-12-13-2-1-6-21-11-13;3-2(4,5)1(6)7/h1-2,5-7,10-11,15-16,18H,3-4,8-9,12H2;(H,6,7). The highest BCUT2D eigenvalue weighted by atomic mass is 19.4. The average Bonchev–Trinajstić information content (AvgIpc) is 3.07. The molecule has 3 atom stereocenters. The molecule has 1 saturated carbocycles. The van der Waals surface area contributed by atoms with Crippen molar-refractivity contribution in [1.29, 1.82) is 0 Å². The third kappa shape index (κ3) is 6.45. The van der Waals surface area contributed by atoms with Crippen LogP contribution in [0.5, 0.6) is 0 Å². The number of rotatable bonds is 4. The summed E-state index contributed by atoms with van der Waals surface area (Å²) in [7, 11) is 0. The molecule has 2 bridgehead atoms. The van der Waals surface area contributed by atoms with Gasteiger partial charge in [-0.05, 0) is 30.5 Å². The number of aromatic nitrogens is 2. The first-order valence-electron chi connectivity index (χ1n) is 10.0. The molecule has 178 valence electrons. The fourth-order valence-corrected chi connectivity index (χ4v) is 3.74. The van der Waals surface area contributed by atoms with E-state index < -0.39 is 18.1 Å². The van der Waals surface area contributed by atoms with Gasteiger partial charge in [0.2, 0.25) is 5.95 Å². The number of aliphatic carboxylic acids is 1. The molecule has 4 rings (SSSR count). The summed E-state index contributed by atoms with van der Waals surface area (Å²) in [5.74, 6) is -3.62. The van der Waals surface area contributed by atoms with E-state index in [1.807, 2.05) is 12.1 Å². The highest BCUT2D eigenvalue weighted by molar-refractivity contribution is 5.94. The number of amides is 1. The minimum absolute atomic E-state index is 0.0244. The van der Waals surface area contributed by atoms with Gasteiger partial charge in [0.1, 0.15) is 6.10 Å². The van der Waals surface area contributed by atoms with E-state index in [1.165, 1.54) is 18.3 Å². The molecule has 12 heteroatoms. The fourth-order valence-electron chi connectivity index (χ4n) is 3.74. The molecule has 1 saturated heterocycles. The molecule has 1 aliphatic heterocycles. The van der Waals surface area contributed by atoms with Crippen LogP contribution < -0.4 is 0 Å². The summed E-state index contributed by atoms with van der Waals surface area (Å²) in [5, 5.41) is 7.12. The Kier molecular flexibility index (Phi) is 7.92. The van der Waals surface area contributed by atoms with Crippen molar-refractivity contribution in [3.63, 3.8) is 0 Å². The summed E-state index contributed by atoms with van der Waals surface area (Å²) in [4.78, 5) is 31.2. The molecule has 1 aliphatic carbocycles. The first-order valence-corrected chi connectivity index (χ1v) is 10.0. The average molecular weight is 471 g/mol. The molecule has 33 heavy (non-hydrogen) atoms. The zero-order valence-corrected chi connectivity index (χ0v) is 17.2. The maximum Gasteiger partial charge on any atom is 0.490 e. The van der Waals surface area contributed by atoms with E-state index in [2.05, 4.69) is 9.97 Å². The molecule has 3 unspecified atom stereocenters. The van der Waals surface area contributed by atoms with Gasteiger partial charge in [0, 0.05) is 36.8 Å². The second-order valence-corrected chi connectivity index (χ2v) is 7.36. The van der Waals surface area contributed by atoms with Crippen molar-refractivity contribution in [2.45, 2.75) is 43.9 Å². The topological polar surface area (TPSA) is 102 Å². The molecule has 0 radical (unpaired) electrons. The third-order valence-corrected chi connectivity index (χ3v) is 5.20. The van der Waals surface area contributed by atoms with Crippen LogP contribution in [0, 0.1) is 5.95 Å². The Bertz CT molecular complexity index is 960. The van der Waals surface area contributed by atoms with Crippen LogP contribution in [0.15, 0.2) is 42.9 Å². The van der Waals surface area contributed by atoms with Crippen molar-refractivity contribution < 1.29 is 41.7 Å². The highest BCUT2D eigenvalue weighted by Gasteiger charge is 2.45. The van der Waals surface area contributed by atoms with Gasteiger partial charge in [0.05, 0.1) is 25.4 Å². The lowest BCUT2D eigenvalue weighted by atomic mass is 10.1. The Hall–Kier alpha value is -3.12. The van der Waals surface area contributed by atoms with Gasteiger partial charge >= 0.3 is 12.1 Å². The summed E-state index contributed by atoms with van der Waals surface area (Å²) in [6, 6.07) is 6.45. The largest absolute Gasteiger partial charge is 0.490 e. The lowest BCUT2D eigenvalue weighted by Gasteiger charge is -2.31. The van der Waals surface area contributed by atoms with Crippen LogP contribution in [-0.4, -0.2) is 69.4 Å². The van der Waals surface area contributed by atoms with Crippen molar-refractivity contribution in [3.8, 4) is 0 Å². The number of carbonyl (C=O) groups is 2. The Morgan fingerprint density at radius 2 is 2.00 bits per heavy atom. The Labute approximate surface area is 186 Å². The van der Waals surface area contributed by atoms with Gasteiger partial charge in [0.15, 0.2) is 0 Å². The SMILES string of the molecule is O=C(O)C(F)(F)F.O=C(c1ccnc(F)c1)N1CCOC2CCC1C2OCc1cccnc1. The predicted molar refractivity (Wildman–Crippen MR) is 104 cm³/mol. The molecule has 0 spiro atoms. The molecule has 1 amide bonds. The molecular weight excluding hydrogens is 450 g/mol. The number of fused-ring (bicyclic) bond motifs is 2. The Morgan fingerprint density at radius 1 is 1.24 bits per heavy atom. The van der Waals surface area contributed by atoms with Gasteiger partial charge < -0.3 is 19.5 Å². The van der Waals surface area contributed by atoms with Crippen molar-refractivity contribution in [1.82, 2.24) is 14.9 Å². The number of hydrogen-bond donors (Lipinski definition) is 1. The first-order chi connectivity index (χ1) is 15.7. The second kappa shape index (κ2) is 10.7. The molecule has 2 aromatic rings. The number of carbonyl (C=O) groups excluding carboxylic acids is 1. The lowest BCUT2D eigenvalue weighted by molar-refractivity contribution is -0.192. The smallest absolute Gasteiger partial charge is 0.475 e. The summed E-state index contributed by atoms with van der Waals surface area (Å²) in [5.41, 5.74) is 1.28. The van der Waals surface area contributed by atoms with E-state index in [9.17, 15) is 22.4 Å². The number of carboxylic acids is 1. The van der Waals surface area contributed by atoms with Gasteiger partial charge in [0.25, 0.3) is 5.91 Å². The van der Waals surface area contributed by atoms with E-state index in [4.69, 9.17) is 19.4 Å². The number of alkyl halides is 3. The molecule has 2 aliphatic rings. The van der Waals surface area contributed by atoms with Crippen LogP contribution in [-0.2, 0) is 20.9 Å². The molecular formula is C21H21F4N3O5. The Balaban J connectivity index is 0.000000383. The minimum Gasteiger partial charge on any atom is -0.475 e. The number of pyridine rings is 2. The first kappa shape index (κ1) is 24.5. The molecule has 8 nitrogen and oxygen atoms in total. The minimum atomic E-state index is -5.08. The van der Waals surface area contributed by atoms with E-state index in [1.54, 1.807) is 17.3 Å². The van der Waals surface area contributed by atoms with Crippen molar-refractivity contribution in [2.24, 2.45) is 0 Å². The van der Waals surface area contributed by atoms with Gasteiger partial charge in [-0.1, -0.05) is 6.07 Å². The second-order valence-electron chi connectivity index (χ2n) is 7.36. The molecule has 2 fully saturated rings. The normalized spacial score (nSPS) is 22.2. The van der Waals surface area contributed by atoms with E-state index in [0.717, 1.165) is 18.4 Å². The number of halogens is 4. The zero-order chi connectivity index (χ0) is 24.0. The lowest BCUT2D eigenvalue weighted by Crippen LogP contribution is -2.46. The maximum atomic E-state index is 13.4. The molecule has 1 N–H and O–H groups in total. The van der Waals surface area contributed by atoms with Gasteiger partial charge in [-0.2, -0.15) is 17.6 Å². The fraction of sp³-hybridized carbons (Fsp3) is 0.429. The zero-order valence-electron chi connectivity index (χ0n) is 17.2. The monoisotopic (exact) mass is 471 g/mol. The van der Waals surface area contributed by atoms with Crippen LogP contribution in [0.4, 0.5) is 17.6 Å². The maximum absolute atomic E-state index is 13.4. The number of nitrogens with zero attached hydrogens (tertiary/aromatic N) is 3. The van der Waals surface area contributed by atoms with Crippen LogP contribution in [0.3, 0.4) is 0 Å². The van der Waals surface area contributed by atoms with E-state index in [0.29, 0.717) is 25.3 Å². The summed E-state index contributed by atoms with van der Waals surface area (Å²) < 4.78 is 57.2. The van der Waals surface area contributed by atoms with Gasteiger partial charge in [-0.3, -0.25) is 9.78 Å². The number of hydrogen-bond acceptors (Lipinski definition) is 6. The summed E-state index contributed by atoms with van der Waals surface area (Å²) in [6.07, 6.45) is 1.14. The van der Waals surface area contributed by atoms with E-state index >= 15 is 0 Å². The van der Waals surface area contributed by atoms with Crippen LogP contribution in [0.25, 0.3) is 0 Å². The van der Waals surface area contributed by atoms with Gasteiger partial charge in [-0.25, -0.2) is 9.78 Å². The van der Waals surface area contributed by atoms with Gasteiger partial charge in [-0.15, -0.1) is 0 Å². The molecule has 3 heterocycles. The molecule has 2 aromatic heterocycles. The Morgan fingerprint density at radius 3 is 2.64 bits per heavy atom. The van der Waals surface area contributed by atoms with Crippen molar-refractivity contribution in [2.75, 3.05) is 13.2 Å². The number of ether oxygens (including phenoxy) is 2. The van der Waals surface area contributed by atoms with Crippen molar-refractivity contribution >= 4 is 11.9 Å². The van der Waals surface area contributed by atoms with Crippen LogP contribution >= 0.6 is 0 Å². The highest BCUT2D eigenvalue weighted by Crippen LogP contribution is 2.33. The molecule has 0 aromatic carbocycles. The van der Waals surface area contributed by atoms with E-state index in [-0.39, 0.29) is 24.2 Å².